The summed E-state index contributed by atoms with van der Waals surface area (Å²) < 4.78 is 74.9. The number of hydrogen-bond acceptors (Lipinski definition) is 12. The topological polar surface area (TPSA) is 212 Å². The molecule has 2 fully saturated rings. The summed E-state index contributed by atoms with van der Waals surface area (Å²) in [6, 6.07) is 10.8. The lowest BCUT2D eigenvalue weighted by atomic mass is 10.1. The van der Waals surface area contributed by atoms with Gasteiger partial charge in [-0.2, -0.15) is 26.3 Å². The molecule has 4 aliphatic heterocycles. The number of Topliss-reactive ketones (excluding diaryl/α,β-unsaturated/α-hetero) is 2. The highest BCUT2D eigenvalue weighted by Gasteiger charge is 2.42. The zero-order chi connectivity index (χ0) is 45.2. The molecule has 2 atom stereocenters. The van der Waals surface area contributed by atoms with Crippen LogP contribution in [0.1, 0.15) is 66.4 Å². The van der Waals surface area contributed by atoms with Gasteiger partial charge in [-0.05, 0) is 49.2 Å². The third kappa shape index (κ3) is 10.5. The maximum absolute atomic E-state index is 13.2. The lowest BCUT2D eigenvalue weighted by Gasteiger charge is -2.35. The van der Waals surface area contributed by atoms with E-state index in [1.165, 1.54) is 53.4 Å². The highest BCUT2D eigenvalue weighted by atomic mass is 19.4. The number of amides is 5. The van der Waals surface area contributed by atoms with Gasteiger partial charge in [0, 0.05) is 81.8 Å². The number of urea groups is 2. The van der Waals surface area contributed by atoms with Gasteiger partial charge in [0.25, 0.3) is 0 Å². The summed E-state index contributed by atoms with van der Waals surface area (Å²) in [5.74, 6) is -0.805. The van der Waals surface area contributed by atoms with Crippen molar-refractivity contribution >= 4 is 75.6 Å². The van der Waals surface area contributed by atoms with E-state index in [2.05, 4.69) is 35.9 Å². The lowest BCUT2D eigenvalue weighted by molar-refractivity contribution is -0.134. The monoisotopic (exact) mass is 882 g/mol. The van der Waals surface area contributed by atoms with Gasteiger partial charge in [-0.1, -0.05) is 0 Å². The fraction of sp³-hybridized carbons (Fsp3) is 0.375. The highest BCUT2D eigenvalue weighted by Crippen LogP contribution is 2.41. The predicted molar refractivity (Wildman–Crippen MR) is 219 cm³/mol. The zero-order valence-electron chi connectivity index (χ0n) is 33.5. The number of nitrogens with one attached hydrogen (secondary N) is 3. The predicted octanol–water partition coefficient (Wildman–Crippen LogP) is 6.81. The Hall–Kier alpha value is -7.07. The quantitative estimate of drug-likeness (QED) is 0.101. The molecule has 4 aromatic rings. The van der Waals surface area contributed by atoms with Crippen LogP contribution >= 0.6 is 0 Å². The minimum absolute atomic E-state index is 0.0969. The highest BCUT2D eigenvalue weighted by molar-refractivity contribution is 6.06. The zero-order valence-corrected chi connectivity index (χ0v) is 33.5. The molecular formula is C40H40F6N12O5. The van der Waals surface area contributed by atoms with E-state index in [4.69, 9.17) is 5.73 Å². The molecule has 0 saturated carbocycles. The number of anilines is 8. The van der Waals surface area contributed by atoms with E-state index in [9.17, 15) is 50.3 Å². The SMILES string of the molecule is CC(=O)Nc1ccnc(NC(=O)N2c3nc(C(=O)CCC(F)(F)F)ccc3N3CC[C@H]2C3)c1.Nc1ccnc(NC(=O)N2c3nc(C(=O)CCC(F)(F)F)ccc3N3CC[C@H]2C3)c1. The number of alkyl halides is 6. The van der Waals surface area contributed by atoms with Gasteiger partial charge in [0.05, 0.1) is 36.3 Å². The summed E-state index contributed by atoms with van der Waals surface area (Å²) >= 11 is 0. The van der Waals surface area contributed by atoms with Crippen LogP contribution in [0.15, 0.2) is 60.9 Å². The molecule has 332 valence electrons. The number of aromatic nitrogens is 4. The summed E-state index contributed by atoms with van der Waals surface area (Å²) in [4.78, 5) is 85.7. The Bertz CT molecular complexity index is 2440. The summed E-state index contributed by atoms with van der Waals surface area (Å²) in [6.07, 6.45) is -8.47. The first-order valence-corrected chi connectivity index (χ1v) is 19.7. The third-order valence-electron chi connectivity index (χ3n) is 10.5. The number of rotatable bonds is 9. The Morgan fingerprint density at radius 1 is 0.667 bits per heavy atom. The van der Waals surface area contributed by atoms with Gasteiger partial charge in [0.15, 0.2) is 23.2 Å². The van der Waals surface area contributed by atoms with Crippen LogP contribution in [0.2, 0.25) is 0 Å². The number of nitrogen functional groups attached to an aromatic ring is 1. The molecule has 0 radical (unpaired) electrons. The molecule has 0 spiro atoms. The van der Waals surface area contributed by atoms with Crippen molar-refractivity contribution in [3.63, 3.8) is 0 Å². The van der Waals surface area contributed by atoms with E-state index in [1.807, 2.05) is 9.80 Å². The Labute approximate surface area is 355 Å². The van der Waals surface area contributed by atoms with Gasteiger partial charge in [-0.3, -0.25) is 34.8 Å². The number of carbonyl (C=O) groups excluding carboxylic acids is 5. The maximum Gasteiger partial charge on any atom is 0.389 e. The van der Waals surface area contributed by atoms with Crippen LogP contribution in [0.3, 0.4) is 0 Å². The molecule has 5 amide bonds. The molecule has 63 heavy (non-hydrogen) atoms. The molecule has 0 aliphatic carbocycles. The number of nitrogens with zero attached hydrogens (tertiary/aromatic N) is 8. The number of fused-ring (bicyclic) bond motifs is 8. The Balaban J connectivity index is 0.000000190. The van der Waals surface area contributed by atoms with Gasteiger partial charge in [-0.15, -0.1) is 0 Å². The van der Waals surface area contributed by atoms with Gasteiger partial charge in [0.2, 0.25) is 5.91 Å². The number of halogens is 6. The second-order valence-corrected chi connectivity index (χ2v) is 15.1. The number of hydrogen-bond donors (Lipinski definition) is 4. The number of pyridine rings is 4. The Kier molecular flexibility index (Phi) is 12.4. The second-order valence-electron chi connectivity index (χ2n) is 15.1. The molecule has 17 nitrogen and oxygen atoms in total. The van der Waals surface area contributed by atoms with Crippen molar-refractivity contribution in [2.75, 3.05) is 67.5 Å². The van der Waals surface area contributed by atoms with Crippen molar-refractivity contribution < 1.29 is 50.3 Å². The van der Waals surface area contributed by atoms with Gasteiger partial charge in [-0.25, -0.2) is 29.5 Å². The maximum atomic E-state index is 13.2. The van der Waals surface area contributed by atoms with Crippen molar-refractivity contribution in [2.24, 2.45) is 0 Å². The van der Waals surface area contributed by atoms with Gasteiger partial charge in [0.1, 0.15) is 23.0 Å². The molecule has 0 aromatic carbocycles. The number of carbonyl (C=O) groups is 5. The summed E-state index contributed by atoms with van der Waals surface area (Å²) in [5, 5.41) is 7.95. The van der Waals surface area contributed by atoms with E-state index < -0.39 is 61.7 Å². The summed E-state index contributed by atoms with van der Waals surface area (Å²) in [5.41, 5.74) is 7.68. The summed E-state index contributed by atoms with van der Waals surface area (Å²) in [7, 11) is 0. The molecule has 2 saturated heterocycles. The molecular weight excluding hydrogens is 843 g/mol. The average molecular weight is 883 g/mol. The molecule has 5 N–H and O–H groups in total. The third-order valence-corrected chi connectivity index (χ3v) is 10.5. The van der Waals surface area contributed by atoms with E-state index in [0.717, 1.165) is 0 Å². The van der Waals surface area contributed by atoms with Crippen LogP contribution < -0.4 is 41.3 Å². The number of ketones is 2. The van der Waals surface area contributed by atoms with Crippen LogP contribution in [-0.4, -0.2) is 100 Å². The van der Waals surface area contributed by atoms with Crippen molar-refractivity contribution in [1.82, 2.24) is 19.9 Å². The minimum Gasteiger partial charge on any atom is -0.399 e. The van der Waals surface area contributed by atoms with Gasteiger partial charge < -0.3 is 20.9 Å². The standard InChI is InChI=1S/C21H21F3N6O3.C19H19F3N6O2/c1-12(31)26-13-5-8-25-18(10-13)28-20(33)30-14-6-9-29(11-14)16-3-2-15(27-19(16)30)17(32)4-7-21(22,23)24;20-19(21,22)6-3-15(29)13-1-2-14-17(25-13)28(12-5-8-27(14)10-12)18(30)26-16-9-11(23)4-7-24-16/h2-3,5,8,10,14H,4,6-7,9,11H2,1H3,(H2,25,26,28,31,33);1-2,4,7,9,12H,3,5-6,8,10H2,(H3,23,24,26,30)/t14-;12-/m00/s1. The fourth-order valence-corrected chi connectivity index (χ4v) is 7.65. The van der Waals surface area contributed by atoms with Crippen LogP contribution in [0.25, 0.3) is 0 Å². The Morgan fingerprint density at radius 3 is 1.57 bits per heavy atom. The molecule has 0 unspecified atom stereocenters. The van der Waals surface area contributed by atoms with Crippen LogP contribution in [0, 0.1) is 0 Å². The second kappa shape index (κ2) is 17.7. The van der Waals surface area contributed by atoms with Crippen LogP contribution in [0.4, 0.5) is 82.0 Å². The van der Waals surface area contributed by atoms with Crippen LogP contribution in [0.5, 0.6) is 0 Å². The van der Waals surface area contributed by atoms with E-state index in [1.54, 1.807) is 24.3 Å². The molecule has 8 heterocycles. The lowest BCUT2D eigenvalue weighted by Crippen LogP contribution is -2.48. The van der Waals surface area contributed by atoms with Crippen molar-refractivity contribution in [3.8, 4) is 0 Å². The van der Waals surface area contributed by atoms with E-state index in [-0.39, 0.29) is 52.7 Å². The van der Waals surface area contributed by atoms with E-state index in [0.29, 0.717) is 61.8 Å². The molecule has 4 aromatic heterocycles. The first-order chi connectivity index (χ1) is 29.8. The van der Waals surface area contributed by atoms with Crippen LogP contribution in [-0.2, 0) is 4.79 Å². The molecule has 4 bridgehead atoms. The van der Waals surface area contributed by atoms with E-state index >= 15 is 0 Å². The largest absolute Gasteiger partial charge is 0.399 e. The van der Waals surface area contributed by atoms with Crippen molar-refractivity contribution in [2.45, 2.75) is 69.9 Å². The van der Waals surface area contributed by atoms with Crippen molar-refractivity contribution in [1.29, 1.82) is 0 Å². The normalized spacial score (nSPS) is 17.3. The fourth-order valence-electron chi connectivity index (χ4n) is 7.65. The average Bonchev–Trinajstić information content (AvgIpc) is 3.83. The first kappa shape index (κ1) is 44.0. The minimum atomic E-state index is -4.45. The van der Waals surface area contributed by atoms with Gasteiger partial charge >= 0.3 is 24.4 Å². The number of nitrogens with two attached hydrogens (primary N) is 1. The summed E-state index contributed by atoms with van der Waals surface area (Å²) in [6.45, 7) is 3.92. The molecule has 23 heteroatoms. The molecule has 8 rings (SSSR count). The Morgan fingerprint density at radius 2 is 1.13 bits per heavy atom. The smallest absolute Gasteiger partial charge is 0.389 e. The first-order valence-electron chi connectivity index (χ1n) is 19.7. The molecule has 4 aliphatic rings. The van der Waals surface area contributed by atoms with Crippen molar-refractivity contribution in [3.05, 3.63) is 72.3 Å².